The summed E-state index contributed by atoms with van der Waals surface area (Å²) in [5.41, 5.74) is -1.69. The molecule has 3 saturated heterocycles. The van der Waals surface area contributed by atoms with E-state index in [1.165, 1.54) is 0 Å². The second kappa shape index (κ2) is 10.3. The van der Waals surface area contributed by atoms with Crippen molar-refractivity contribution >= 4 is 0 Å². The van der Waals surface area contributed by atoms with Crippen molar-refractivity contribution < 1.29 is 39.4 Å². The van der Waals surface area contributed by atoms with Gasteiger partial charge in [-0.25, -0.2) is 0 Å². The topological polar surface area (TPSA) is 154 Å². The first-order valence-corrected chi connectivity index (χ1v) is 12.2. The van der Waals surface area contributed by atoms with Gasteiger partial charge in [-0.1, -0.05) is 0 Å². The van der Waals surface area contributed by atoms with E-state index in [0.717, 1.165) is 32.5 Å². The Bertz CT molecular complexity index is 655. The summed E-state index contributed by atoms with van der Waals surface area (Å²) in [5.74, 6) is -1.59. The van der Waals surface area contributed by atoms with Crippen molar-refractivity contribution in [3.05, 3.63) is 0 Å². The monoisotopic (exact) mass is 475 g/mol. The molecule has 1 aliphatic carbocycles. The molecule has 10 unspecified atom stereocenters. The third-order valence-corrected chi connectivity index (χ3v) is 7.84. The second-order valence-corrected chi connectivity index (χ2v) is 10.0. The summed E-state index contributed by atoms with van der Waals surface area (Å²) in [6, 6.07) is -1.31. The summed E-state index contributed by atoms with van der Waals surface area (Å²) in [4.78, 5) is 0. The van der Waals surface area contributed by atoms with Gasteiger partial charge in [-0.3, -0.25) is 0 Å². The molecule has 4 fully saturated rings. The Labute approximate surface area is 195 Å². The Balaban J connectivity index is 1.48. The van der Waals surface area contributed by atoms with Crippen LogP contribution in [0.3, 0.4) is 0 Å². The number of nitrogens with one attached hydrogen (secondary N) is 3. The summed E-state index contributed by atoms with van der Waals surface area (Å²) in [6.45, 7) is 4.16. The van der Waals surface area contributed by atoms with Crippen molar-refractivity contribution in [1.29, 1.82) is 0 Å². The lowest BCUT2D eigenvalue weighted by Crippen LogP contribution is -2.81. The fourth-order valence-electron chi connectivity index (χ4n) is 5.87. The number of fused-ring (bicyclic) bond motifs is 2. The van der Waals surface area contributed by atoms with Gasteiger partial charge in [0.05, 0.1) is 24.3 Å². The summed E-state index contributed by atoms with van der Waals surface area (Å²) < 4.78 is 23.4. The minimum Gasteiger partial charge on any atom is -0.390 e. The zero-order chi connectivity index (χ0) is 23.8. The lowest BCUT2D eigenvalue weighted by Gasteiger charge is -2.60. The summed E-state index contributed by atoms with van der Waals surface area (Å²) in [7, 11) is 3.31. The van der Waals surface area contributed by atoms with Crippen LogP contribution >= 0.6 is 0 Å². The number of ether oxygens (including phenoxy) is 4. The molecule has 0 bridgehead atoms. The van der Waals surface area contributed by atoms with Crippen molar-refractivity contribution in [2.75, 3.05) is 40.4 Å². The average Bonchev–Trinajstić information content (AvgIpc) is 2.78. The SMILES string of the molecule is CNC1C(O)C(NC)C2OC3(O)C(OC(C)CC3(O)CNCCC3CCOCC3)OC2C1O. The van der Waals surface area contributed by atoms with Crippen molar-refractivity contribution in [2.24, 2.45) is 5.92 Å². The maximum atomic E-state index is 11.6. The van der Waals surface area contributed by atoms with E-state index in [0.29, 0.717) is 12.5 Å². The zero-order valence-corrected chi connectivity index (χ0v) is 19.8. The van der Waals surface area contributed by atoms with Crippen molar-refractivity contribution in [3.8, 4) is 0 Å². The Hall–Kier alpha value is -0.440. The summed E-state index contributed by atoms with van der Waals surface area (Å²) in [5, 5.41) is 54.1. The first kappa shape index (κ1) is 25.6. The Kier molecular flexibility index (Phi) is 7.99. The van der Waals surface area contributed by atoms with Crippen LogP contribution in [0.5, 0.6) is 0 Å². The molecule has 192 valence electrons. The molecule has 10 atom stereocenters. The minimum absolute atomic E-state index is 0.0894. The maximum absolute atomic E-state index is 11.6. The van der Waals surface area contributed by atoms with E-state index in [1.807, 2.05) is 0 Å². The lowest BCUT2D eigenvalue weighted by atomic mass is 9.77. The largest absolute Gasteiger partial charge is 0.390 e. The standard InChI is InChI=1S/C22H41N3O8/c1-12-10-21(28,11-25-7-4-13-5-8-30-9-6-13)22(29)20(31-12)32-19-17(27)14(23-2)16(26)15(24-3)18(19)33-22/h12-20,23-29H,4-11H2,1-3H3. The van der Waals surface area contributed by atoms with Crippen LogP contribution in [0.2, 0.25) is 0 Å². The van der Waals surface area contributed by atoms with Crippen molar-refractivity contribution in [2.45, 2.75) is 92.9 Å². The van der Waals surface area contributed by atoms with Crippen LogP contribution in [0.25, 0.3) is 0 Å². The number of aliphatic hydroxyl groups excluding tert-OH is 2. The molecule has 0 spiro atoms. The second-order valence-electron chi connectivity index (χ2n) is 10.0. The van der Waals surface area contributed by atoms with Gasteiger partial charge < -0.3 is 55.3 Å². The molecule has 4 aliphatic rings. The van der Waals surface area contributed by atoms with E-state index in [4.69, 9.17) is 18.9 Å². The lowest BCUT2D eigenvalue weighted by molar-refractivity contribution is -0.482. The van der Waals surface area contributed by atoms with Crippen LogP contribution in [0.1, 0.15) is 32.6 Å². The number of hydrogen-bond donors (Lipinski definition) is 7. The quantitative estimate of drug-likeness (QED) is 0.198. The van der Waals surface area contributed by atoms with Gasteiger partial charge in [-0.2, -0.15) is 0 Å². The van der Waals surface area contributed by atoms with Gasteiger partial charge >= 0.3 is 0 Å². The number of hydrogen-bond acceptors (Lipinski definition) is 11. The van der Waals surface area contributed by atoms with Gasteiger partial charge in [0, 0.05) is 26.2 Å². The van der Waals surface area contributed by atoms with E-state index < -0.39 is 60.3 Å². The molecule has 1 saturated carbocycles. The molecule has 11 heteroatoms. The first-order valence-electron chi connectivity index (χ1n) is 12.2. The van der Waals surface area contributed by atoms with Crippen LogP contribution in [0, 0.1) is 5.92 Å². The number of likely N-dealkylation sites (N-methyl/N-ethyl adjacent to an activating group) is 2. The molecule has 0 aromatic heterocycles. The molecule has 0 radical (unpaired) electrons. The van der Waals surface area contributed by atoms with E-state index in [9.17, 15) is 20.4 Å². The van der Waals surface area contributed by atoms with Gasteiger partial charge in [-0.15, -0.1) is 0 Å². The normalized spacial score (nSPS) is 48.8. The van der Waals surface area contributed by atoms with E-state index in [-0.39, 0.29) is 13.0 Å². The molecular formula is C22H41N3O8. The zero-order valence-electron chi connectivity index (χ0n) is 19.8. The molecule has 7 N–H and O–H groups in total. The Morgan fingerprint density at radius 3 is 2.30 bits per heavy atom. The third-order valence-electron chi connectivity index (χ3n) is 7.84. The van der Waals surface area contributed by atoms with Crippen LogP contribution < -0.4 is 16.0 Å². The molecule has 11 nitrogen and oxygen atoms in total. The van der Waals surface area contributed by atoms with Gasteiger partial charge in [0.1, 0.15) is 23.9 Å². The van der Waals surface area contributed by atoms with Gasteiger partial charge in [-0.05, 0) is 52.7 Å². The van der Waals surface area contributed by atoms with Crippen LogP contribution in [-0.2, 0) is 18.9 Å². The Morgan fingerprint density at radius 2 is 1.64 bits per heavy atom. The highest BCUT2D eigenvalue weighted by Crippen LogP contribution is 2.46. The van der Waals surface area contributed by atoms with Gasteiger partial charge in [0.15, 0.2) is 0 Å². The predicted molar refractivity (Wildman–Crippen MR) is 117 cm³/mol. The molecule has 0 amide bonds. The van der Waals surface area contributed by atoms with Crippen LogP contribution in [0.4, 0.5) is 0 Å². The molecule has 4 rings (SSSR count). The molecule has 3 heterocycles. The van der Waals surface area contributed by atoms with Crippen LogP contribution in [-0.4, -0.2) is 121 Å². The highest BCUT2D eigenvalue weighted by molar-refractivity contribution is 5.12. The van der Waals surface area contributed by atoms with Crippen molar-refractivity contribution in [3.63, 3.8) is 0 Å². The smallest absolute Gasteiger partial charge is 0.249 e. The first-order chi connectivity index (χ1) is 15.7. The van der Waals surface area contributed by atoms with E-state index in [2.05, 4.69) is 16.0 Å². The van der Waals surface area contributed by atoms with E-state index >= 15 is 0 Å². The van der Waals surface area contributed by atoms with Gasteiger partial charge in [0.2, 0.25) is 12.1 Å². The fourth-order valence-corrected chi connectivity index (χ4v) is 5.87. The predicted octanol–water partition coefficient (Wildman–Crippen LogP) is -2.36. The molecule has 0 aromatic rings. The highest BCUT2D eigenvalue weighted by Gasteiger charge is 2.68. The molecule has 33 heavy (non-hydrogen) atoms. The average molecular weight is 476 g/mol. The summed E-state index contributed by atoms with van der Waals surface area (Å²) >= 11 is 0. The minimum atomic E-state index is -2.17. The van der Waals surface area contributed by atoms with Gasteiger partial charge in [0.25, 0.3) is 0 Å². The Morgan fingerprint density at radius 1 is 0.939 bits per heavy atom. The number of rotatable bonds is 7. The molecular weight excluding hydrogens is 434 g/mol. The van der Waals surface area contributed by atoms with Crippen molar-refractivity contribution in [1.82, 2.24) is 16.0 Å². The molecule has 0 aromatic carbocycles. The maximum Gasteiger partial charge on any atom is 0.249 e. The van der Waals surface area contributed by atoms with Crippen LogP contribution in [0.15, 0.2) is 0 Å². The summed E-state index contributed by atoms with van der Waals surface area (Å²) in [6.07, 6.45) is -2.40. The third kappa shape index (κ3) is 4.70. The van der Waals surface area contributed by atoms with E-state index in [1.54, 1.807) is 21.0 Å². The number of aliphatic hydroxyl groups is 4. The fraction of sp³-hybridized carbons (Fsp3) is 1.00. The highest BCUT2D eigenvalue weighted by atomic mass is 16.8. The molecule has 3 aliphatic heterocycles.